The van der Waals surface area contributed by atoms with Crippen LogP contribution in [-0.2, 0) is 9.47 Å². The minimum Gasteiger partial charge on any atom is -0.386 e. The summed E-state index contributed by atoms with van der Waals surface area (Å²) in [5, 5.41) is 19.4. The first-order valence-electron chi connectivity index (χ1n) is 6.64. The summed E-state index contributed by atoms with van der Waals surface area (Å²) in [6.45, 7) is 0. The number of nitriles is 2. The van der Waals surface area contributed by atoms with Gasteiger partial charge < -0.3 is 15.2 Å². The van der Waals surface area contributed by atoms with Crippen LogP contribution < -0.4 is 5.73 Å². The topological polar surface area (TPSA) is 104 Å². The Morgan fingerprint density at radius 1 is 1.17 bits per heavy atom. The Bertz CT molecular complexity index is 809. The fourth-order valence-corrected chi connectivity index (χ4v) is 3.71. The van der Waals surface area contributed by atoms with Gasteiger partial charge in [-0.15, -0.1) is 0 Å². The number of nitrogens with zero attached hydrogens (tertiary/aromatic N) is 3. The highest BCUT2D eigenvalue weighted by atomic mass is 19.2. The Morgan fingerprint density at radius 2 is 1.83 bits per heavy atom. The van der Waals surface area contributed by atoms with Gasteiger partial charge in [-0.05, 0) is 17.7 Å². The van der Waals surface area contributed by atoms with Crippen molar-refractivity contribution in [2.75, 3.05) is 14.2 Å². The molecule has 1 saturated carbocycles. The van der Waals surface area contributed by atoms with Crippen molar-refractivity contribution < 1.29 is 18.3 Å². The molecule has 0 radical (unpaired) electrons. The van der Waals surface area contributed by atoms with Crippen LogP contribution in [0.5, 0.6) is 0 Å². The maximum Gasteiger partial charge on any atom is 0.292 e. The van der Waals surface area contributed by atoms with Gasteiger partial charge in [0, 0.05) is 20.1 Å². The van der Waals surface area contributed by atoms with Crippen molar-refractivity contribution in [2.24, 2.45) is 21.6 Å². The summed E-state index contributed by atoms with van der Waals surface area (Å²) in [5.74, 6) is -4.86. The third kappa shape index (κ3) is 1.38. The van der Waals surface area contributed by atoms with Gasteiger partial charge >= 0.3 is 0 Å². The molecule has 0 bridgehead atoms. The second kappa shape index (κ2) is 4.48. The number of benzene rings is 1. The molecule has 0 aromatic heterocycles. The number of halogens is 2. The van der Waals surface area contributed by atoms with Crippen molar-refractivity contribution >= 4 is 5.84 Å². The van der Waals surface area contributed by atoms with Crippen LogP contribution in [0.4, 0.5) is 8.78 Å². The number of methoxy groups -OCH3 is 2. The lowest BCUT2D eigenvalue weighted by atomic mass is 9.93. The number of aliphatic imine (C=N–C) groups is 1. The van der Waals surface area contributed by atoms with Gasteiger partial charge in [0.1, 0.15) is 11.3 Å². The molecule has 0 saturated heterocycles. The quantitative estimate of drug-likeness (QED) is 0.848. The second-order valence-corrected chi connectivity index (χ2v) is 5.43. The van der Waals surface area contributed by atoms with Crippen LogP contribution >= 0.6 is 0 Å². The van der Waals surface area contributed by atoms with Crippen molar-refractivity contribution in [2.45, 2.75) is 11.8 Å². The van der Waals surface area contributed by atoms with Gasteiger partial charge in [0.25, 0.3) is 5.91 Å². The standard InChI is InChI=1S/C15H12F2N4O2/c1-22-15(23-2)14(7-19)11(13(14,6-18)12(20)21-15)8-3-4-9(16)10(17)5-8/h3-5,11H,1-2H3,(H2,20,21). The molecule has 6 nitrogen and oxygen atoms in total. The first-order chi connectivity index (χ1) is 10.9. The molecular weight excluding hydrogens is 306 g/mol. The minimum absolute atomic E-state index is 0.125. The van der Waals surface area contributed by atoms with Gasteiger partial charge in [-0.2, -0.15) is 10.5 Å². The highest BCUT2D eigenvalue weighted by Crippen LogP contribution is 2.81. The molecule has 1 aromatic carbocycles. The van der Waals surface area contributed by atoms with E-state index in [1.165, 1.54) is 20.3 Å². The molecule has 1 aromatic rings. The molecule has 0 amide bonds. The van der Waals surface area contributed by atoms with Crippen LogP contribution in [0.25, 0.3) is 0 Å². The summed E-state index contributed by atoms with van der Waals surface area (Å²) in [5.41, 5.74) is 3.06. The molecule has 2 N–H and O–H groups in total. The first-order valence-corrected chi connectivity index (χ1v) is 6.64. The van der Waals surface area contributed by atoms with Crippen LogP contribution in [0.1, 0.15) is 11.5 Å². The lowest BCUT2D eigenvalue weighted by Gasteiger charge is -2.29. The van der Waals surface area contributed by atoms with E-state index in [2.05, 4.69) is 4.99 Å². The molecule has 3 atom stereocenters. The molecule has 1 heterocycles. The minimum atomic E-state index is -1.78. The van der Waals surface area contributed by atoms with Crippen LogP contribution in [0, 0.1) is 45.1 Å². The molecule has 3 rings (SSSR count). The van der Waals surface area contributed by atoms with E-state index in [1.807, 2.05) is 12.1 Å². The number of rotatable bonds is 3. The second-order valence-electron chi connectivity index (χ2n) is 5.43. The maximum atomic E-state index is 13.6. The van der Waals surface area contributed by atoms with E-state index in [1.54, 1.807) is 0 Å². The summed E-state index contributed by atoms with van der Waals surface area (Å²) < 4.78 is 37.3. The van der Waals surface area contributed by atoms with Gasteiger partial charge in [-0.25, -0.2) is 13.8 Å². The molecule has 0 spiro atoms. The van der Waals surface area contributed by atoms with Crippen molar-refractivity contribution in [1.29, 1.82) is 10.5 Å². The summed E-state index contributed by atoms with van der Waals surface area (Å²) in [6.07, 6.45) is 0. The third-order valence-corrected chi connectivity index (χ3v) is 4.76. The van der Waals surface area contributed by atoms with Crippen molar-refractivity contribution in [3.05, 3.63) is 35.4 Å². The molecule has 3 unspecified atom stereocenters. The maximum absolute atomic E-state index is 13.6. The normalized spacial score (nSPS) is 33.3. The average molecular weight is 318 g/mol. The fraction of sp³-hybridized carbons (Fsp3) is 0.400. The zero-order chi connectivity index (χ0) is 17.0. The van der Waals surface area contributed by atoms with Gasteiger partial charge in [0.2, 0.25) is 0 Å². The van der Waals surface area contributed by atoms with Crippen LogP contribution in [0.3, 0.4) is 0 Å². The monoisotopic (exact) mass is 318 g/mol. The number of fused-ring (bicyclic) bond motifs is 1. The van der Waals surface area contributed by atoms with Crippen molar-refractivity contribution in [3.63, 3.8) is 0 Å². The lowest BCUT2D eigenvalue weighted by Crippen LogP contribution is -2.41. The fourth-order valence-electron chi connectivity index (χ4n) is 3.71. The Hall–Kier alpha value is -2.55. The van der Waals surface area contributed by atoms with Crippen molar-refractivity contribution in [1.82, 2.24) is 0 Å². The van der Waals surface area contributed by atoms with E-state index < -0.39 is 34.3 Å². The Labute approximate surface area is 130 Å². The molecule has 1 fully saturated rings. The summed E-state index contributed by atoms with van der Waals surface area (Å²) in [7, 11) is 2.54. The highest BCUT2D eigenvalue weighted by Gasteiger charge is 2.93. The molecule has 1 aliphatic heterocycles. The third-order valence-electron chi connectivity index (χ3n) is 4.76. The lowest BCUT2D eigenvalue weighted by molar-refractivity contribution is -0.230. The van der Waals surface area contributed by atoms with Gasteiger partial charge in [0.15, 0.2) is 17.0 Å². The van der Waals surface area contributed by atoms with Gasteiger partial charge in [-0.3, -0.25) is 0 Å². The molecule has 118 valence electrons. The number of ether oxygens (including phenoxy) is 2. The Kier molecular flexibility index (Phi) is 2.99. The highest BCUT2D eigenvalue weighted by molar-refractivity contribution is 6.00. The zero-order valence-corrected chi connectivity index (χ0v) is 12.3. The molecular formula is C15H12F2N4O2. The zero-order valence-electron chi connectivity index (χ0n) is 12.3. The summed E-state index contributed by atoms with van der Waals surface area (Å²) in [4.78, 5) is 4.03. The SMILES string of the molecule is COC1(OC)N=C(N)C2(C#N)C(c3ccc(F)c(F)c3)C12C#N. The predicted molar refractivity (Wildman–Crippen MR) is 73.6 cm³/mol. The van der Waals surface area contributed by atoms with Crippen LogP contribution in [0.15, 0.2) is 23.2 Å². The summed E-state index contributed by atoms with van der Waals surface area (Å²) >= 11 is 0. The molecule has 23 heavy (non-hydrogen) atoms. The van der Waals surface area contributed by atoms with E-state index in [-0.39, 0.29) is 11.4 Å². The van der Waals surface area contributed by atoms with Gasteiger partial charge in [-0.1, -0.05) is 6.07 Å². The number of nitrogens with two attached hydrogens (primary N) is 1. The molecule has 2 aliphatic rings. The number of hydrogen-bond acceptors (Lipinski definition) is 6. The van der Waals surface area contributed by atoms with E-state index in [9.17, 15) is 19.3 Å². The van der Waals surface area contributed by atoms with E-state index >= 15 is 0 Å². The average Bonchev–Trinajstić information content (AvgIpc) is 3.13. The number of hydrogen-bond donors (Lipinski definition) is 1. The van der Waals surface area contributed by atoms with E-state index in [4.69, 9.17) is 15.2 Å². The van der Waals surface area contributed by atoms with E-state index in [0.29, 0.717) is 0 Å². The predicted octanol–water partition coefficient (Wildman–Crippen LogP) is 1.40. The largest absolute Gasteiger partial charge is 0.386 e. The van der Waals surface area contributed by atoms with Gasteiger partial charge in [0.05, 0.1) is 12.1 Å². The Morgan fingerprint density at radius 3 is 2.30 bits per heavy atom. The molecule has 1 aliphatic carbocycles. The van der Waals surface area contributed by atoms with Crippen LogP contribution in [-0.4, -0.2) is 26.0 Å². The molecule has 8 heteroatoms. The summed E-state index contributed by atoms with van der Waals surface area (Å²) in [6, 6.07) is 7.22. The van der Waals surface area contributed by atoms with Crippen LogP contribution in [0.2, 0.25) is 0 Å². The van der Waals surface area contributed by atoms with Crippen molar-refractivity contribution in [3.8, 4) is 12.1 Å². The number of amidine groups is 1. The van der Waals surface area contributed by atoms with E-state index in [0.717, 1.165) is 12.1 Å². The first kappa shape index (κ1) is 15.3. The Balaban J connectivity index is 2.25. The smallest absolute Gasteiger partial charge is 0.292 e.